The number of aliphatic hydroxyl groups excluding tert-OH is 1. The van der Waals surface area contributed by atoms with Gasteiger partial charge in [0.2, 0.25) is 0 Å². The molecule has 0 radical (unpaired) electrons. The fraction of sp³-hybridized carbons (Fsp3) is 0.407. The van der Waals surface area contributed by atoms with E-state index in [2.05, 4.69) is 16.8 Å². The summed E-state index contributed by atoms with van der Waals surface area (Å²) in [4.78, 5) is 12.9. The van der Waals surface area contributed by atoms with Crippen molar-refractivity contribution in [1.82, 2.24) is 14.8 Å². The van der Waals surface area contributed by atoms with E-state index in [0.29, 0.717) is 11.4 Å². The van der Waals surface area contributed by atoms with E-state index in [4.69, 9.17) is 9.84 Å². The summed E-state index contributed by atoms with van der Waals surface area (Å²) >= 11 is 0. The molecule has 33 heavy (non-hydrogen) atoms. The number of aromatic amines is 1. The Morgan fingerprint density at radius 2 is 1.79 bits per heavy atom. The molecule has 6 heteroatoms. The first kappa shape index (κ1) is 29.9. The van der Waals surface area contributed by atoms with Crippen LogP contribution in [0.15, 0.2) is 49.1 Å². The number of para-hydroxylation sites is 1. The van der Waals surface area contributed by atoms with Crippen LogP contribution in [0, 0.1) is 6.92 Å². The van der Waals surface area contributed by atoms with Crippen LogP contribution in [0.5, 0.6) is 0 Å². The molecule has 3 rings (SSSR count). The van der Waals surface area contributed by atoms with Gasteiger partial charge in [0.25, 0.3) is 0 Å². The molecule has 0 saturated heterocycles. The van der Waals surface area contributed by atoms with Gasteiger partial charge in [-0.3, -0.25) is 5.10 Å². The van der Waals surface area contributed by atoms with Crippen LogP contribution in [0.2, 0.25) is 0 Å². The third-order valence-corrected chi connectivity index (χ3v) is 3.92. The lowest BCUT2D eigenvalue weighted by atomic mass is 10.1. The average Bonchev–Trinajstić information content (AvgIpc) is 3.34. The maximum Gasteiger partial charge on any atom is 0.419 e. The summed E-state index contributed by atoms with van der Waals surface area (Å²) in [6, 6.07) is 9.68. The predicted molar refractivity (Wildman–Crippen MR) is 141 cm³/mol. The molecule has 0 fully saturated rings. The van der Waals surface area contributed by atoms with E-state index in [1.165, 1.54) is 0 Å². The van der Waals surface area contributed by atoms with Crippen molar-refractivity contribution in [2.24, 2.45) is 0 Å². The summed E-state index contributed by atoms with van der Waals surface area (Å²) in [6.45, 7) is 21.2. The first-order valence-electron chi connectivity index (χ1n) is 11.5. The number of rotatable bonds is 3. The number of fused-ring (bicyclic) bond motifs is 1. The summed E-state index contributed by atoms with van der Waals surface area (Å²) < 4.78 is 7.22. The maximum absolute atomic E-state index is 12.9. The molecule has 3 aromatic rings. The Bertz CT molecular complexity index is 1020. The van der Waals surface area contributed by atoms with Crippen LogP contribution in [0.4, 0.5) is 4.79 Å². The van der Waals surface area contributed by atoms with Crippen molar-refractivity contribution in [3.8, 4) is 11.4 Å². The Balaban J connectivity index is 0.00000132. The van der Waals surface area contributed by atoms with E-state index in [-0.39, 0.29) is 6.61 Å². The zero-order valence-corrected chi connectivity index (χ0v) is 21.7. The molecular formula is C27H41N3O3. The second-order valence-electron chi connectivity index (χ2n) is 7.43. The van der Waals surface area contributed by atoms with Gasteiger partial charge in [0.15, 0.2) is 0 Å². The number of carbonyl (C=O) groups excluding carboxylic acids is 1. The van der Waals surface area contributed by atoms with Crippen molar-refractivity contribution in [2.45, 2.75) is 67.9 Å². The third kappa shape index (κ3) is 8.39. The standard InChI is InChI=1S/C21H23N3O2.C2H6O.2C2H6/c1-6-7-11-16-14(2)22-23-19(16)18-13-15-10-8-9-12-17(15)24(18)20(25)26-21(3,4)5;1-2-3;2*1-2/h6-13H,1H2,2-5H3,(H,22,23);3H,2H2,1H3;2*1-2H3/b11-7-;;;. The summed E-state index contributed by atoms with van der Waals surface area (Å²) in [5, 5.41) is 16.0. The molecule has 0 saturated carbocycles. The number of benzene rings is 1. The predicted octanol–water partition coefficient (Wildman–Crippen LogP) is 7.37. The fourth-order valence-electron chi connectivity index (χ4n) is 2.83. The highest BCUT2D eigenvalue weighted by Gasteiger charge is 2.25. The van der Waals surface area contributed by atoms with Crippen LogP contribution in [-0.4, -0.2) is 38.2 Å². The van der Waals surface area contributed by atoms with E-state index < -0.39 is 11.7 Å². The number of carbonyl (C=O) groups is 1. The number of nitrogens with zero attached hydrogens (tertiary/aromatic N) is 2. The lowest BCUT2D eigenvalue weighted by Crippen LogP contribution is -2.27. The molecular weight excluding hydrogens is 414 g/mol. The molecule has 0 amide bonds. The Morgan fingerprint density at radius 1 is 1.21 bits per heavy atom. The second kappa shape index (κ2) is 14.9. The van der Waals surface area contributed by atoms with Gasteiger partial charge in [-0.05, 0) is 46.8 Å². The Labute approximate surface area is 199 Å². The van der Waals surface area contributed by atoms with Crippen LogP contribution in [-0.2, 0) is 4.74 Å². The molecule has 0 bridgehead atoms. The van der Waals surface area contributed by atoms with E-state index in [9.17, 15) is 4.79 Å². The van der Waals surface area contributed by atoms with Gasteiger partial charge in [-0.15, -0.1) is 0 Å². The van der Waals surface area contributed by atoms with Crippen LogP contribution >= 0.6 is 0 Å². The molecule has 0 spiro atoms. The lowest BCUT2D eigenvalue weighted by Gasteiger charge is -2.20. The van der Waals surface area contributed by atoms with Crippen LogP contribution < -0.4 is 0 Å². The van der Waals surface area contributed by atoms with E-state index in [0.717, 1.165) is 22.2 Å². The highest BCUT2D eigenvalue weighted by molar-refractivity contribution is 5.96. The van der Waals surface area contributed by atoms with Crippen molar-refractivity contribution >= 4 is 23.1 Å². The van der Waals surface area contributed by atoms with Gasteiger partial charge in [0.05, 0.1) is 11.2 Å². The second-order valence-corrected chi connectivity index (χ2v) is 7.43. The van der Waals surface area contributed by atoms with Gasteiger partial charge >= 0.3 is 6.09 Å². The van der Waals surface area contributed by atoms with Gasteiger partial charge in [0, 0.05) is 23.3 Å². The SMILES string of the molecule is C=C/C=C\c1c(-c2cc3ccccc3n2C(=O)OC(C)(C)C)n[nH]c1C.CC.CC.CCO. The molecule has 0 aliphatic carbocycles. The minimum atomic E-state index is -0.590. The van der Waals surface area contributed by atoms with Crippen molar-refractivity contribution in [3.05, 3.63) is 60.3 Å². The molecule has 2 N–H and O–H groups in total. The van der Waals surface area contributed by atoms with Crippen molar-refractivity contribution < 1.29 is 14.6 Å². The number of aryl methyl sites for hydroxylation is 1. The largest absolute Gasteiger partial charge is 0.443 e. The average molecular weight is 456 g/mol. The summed E-state index contributed by atoms with van der Waals surface area (Å²) in [6.07, 6.45) is 5.06. The number of hydrogen-bond acceptors (Lipinski definition) is 4. The Hall–Kier alpha value is -3.12. The van der Waals surface area contributed by atoms with Crippen LogP contribution in [0.1, 0.15) is 66.6 Å². The maximum atomic E-state index is 12.9. The number of nitrogens with one attached hydrogen (secondary N) is 1. The first-order chi connectivity index (χ1) is 15.7. The Morgan fingerprint density at radius 3 is 2.33 bits per heavy atom. The topological polar surface area (TPSA) is 80.1 Å². The quantitative estimate of drug-likeness (QED) is 0.404. The molecule has 0 aliphatic rings. The van der Waals surface area contributed by atoms with Gasteiger partial charge < -0.3 is 9.84 Å². The number of allylic oxidation sites excluding steroid dienone is 2. The third-order valence-electron chi connectivity index (χ3n) is 3.92. The molecule has 1 aromatic carbocycles. The van der Waals surface area contributed by atoms with Crippen LogP contribution in [0.25, 0.3) is 28.4 Å². The van der Waals surface area contributed by atoms with Gasteiger partial charge in [-0.1, -0.05) is 70.7 Å². The smallest absolute Gasteiger partial charge is 0.419 e. The van der Waals surface area contributed by atoms with E-state index >= 15 is 0 Å². The number of aromatic nitrogens is 3. The van der Waals surface area contributed by atoms with Crippen LogP contribution in [0.3, 0.4) is 0 Å². The number of H-pyrrole nitrogens is 1. The highest BCUT2D eigenvalue weighted by atomic mass is 16.6. The van der Waals surface area contributed by atoms with Gasteiger partial charge in [0.1, 0.15) is 11.3 Å². The molecule has 6 nitrogen and oxygen atoms in total. The molecule has 0 aliphatic heterocycles. The zero-order chi connectivity index (χ0) is 25.6. The number of ether oxygens (including phenoxy) is 1. The summed E-state index contributed by atoms with van der Waals surface area (Å²) in [5.41, 5.74) is 3.41. The Kier molecular flexibility index (Phi) is 13.4. The monoisotopic (exact) mass is 455 g/mol. The minimum Gasteiger partial charge on any atom is -0.443 e. The highest BCUT2D eigenvalue weighted by Crippen LogP contribution is 2.31. The van der Waals surface area contributed by atoms with Crippen molar-refractivity contribution in [2.75, 3.05) is 6.61 Å². The lowest BCUT2D eigenvalue weighted by molar-refractivity contribution is 0.0547. The van der Waals surface area contributed by atoms with E-state index in [1.54, 1.807) is 17.6 Å². The number of aliphatic hydroxyl groups is 1. The normalized spacial score (nSPS) is 10.4. The van der Waals surface area contributed by atoms with Crippen molar-refractivity contribution in [3.63, 3.8) is 0 Å². The zero-order valence-electron chi connectivity index (χ0n) is 21.7. The molecule has 2 aromatic heterocycles. The summed E-state index contributed by atoms with van der Waals surface area (Å²) in [7, 11) is 0. The minimum absolute atomic E-state index is 0.250. The molecule has 2 heterocycles. The molecule has 0 unspecified atom stereocenters. The molecule has 0 atom stereocenters. The molecule has 182 valence electrons. The van der Waals surface area contributed by atoms with Gasteiger partial charge in [-0.2, -0.15) is 5.10 Å². The van der Waals surface area contributed by atoms with Crippen molar-refractivity contribution in [1.29, 1.82) is 0 Å². The number of hydrogen-bond donors (Lipinski definition) is 2. The fourth-order valence-corrected chi connectivity index (χ4v) is 2.83. The van der Waals surface area contributed by atoms with Gasteiger partial charge in [-0.25, -0.2) is 9.36 Å². The summed E-state index contributed by atoms with van der Waals surface area (Å²) in [5.74, 6) is 0. The first-order valence-corrected chi connectivity index (χ1v) is 11.5. The van der Waals surface area contributed by atoms with E-state index in [1.807, 2.05) is 97.9 Å².